The minimum absolute atomic E-state index is 0.294. The van der Waals surface area contributed by atoms with E-state index >= 15 is 0 Å². The molecule has 0 aliphatic carbocycles. The lowest BCUT2D eigenvalue weighted by Gasteiger charge is -2.29. The normalized spacial score (nSPS) is 21.9. The first-order valence-corrected chi connectivity index (χ1v) is 9.11. The third-order valence-electron chi connectivity index (χ3n) is 4.03. The standard InChI is InChI=1S/C15H28N4OS/c1-5-6-16-12(11(2)3)9-14-17-15(18-20-14)13-10-21-8-7-19(13)4/h11-13,16H,5-10H2,1-4H3. The van der Waals surface area contributed by atoms with E-state index in [1.54, 1.807) is 0 Å². The average molecular weight is 312 g/mol. The van der Waals surface area contributed by atoms with E-state index in [0.29, 0.717) is 18.0 Å². The molecule has 2 rings (SSSR count). The Morgan fingerprint density at radius 1 is 1.48 bits per heavy atom. The number of nitrogens with zero attached hydrogens (tertiary/aromatic N) is 3. The fourth-order valence-electron chi connectivity index (χ4n) is 2.51. The highest BCUT2D eigenvalue weighted by Gasteiger charge is 2.26. The van der Waals surface area contributed by atoms with Gasteiger partial charge in [-0.15, -0.1) is 0 Å². The van der Waals surface area contributed by atoms with Crippen molar-refractivity contribution in [3.05, 3.63) is 11.7 Å². The van der Waals surface area contributed by atoms with Gasteiger partial charge in [0, 0.05) is 30.5 Å². The zero-order chi connectivity index (χ0) is 15.2. The molecule has 5 nitrogen and oxygen atoms in total. The molecule has 2 heterocycles. The molecule has 2 atom stereocenters. The summed E-state index contributed by atoms with van der Waals surface area (Å²) in [5, 5.41) is 7.79. The molecule has 1 fully saturated rings. The Morgan fingerprint density at radius 3 is 2.95 bits per heavy atom. The number of nitrogens with one attached hydrogen (secondary N) is 1. The van der Waals surface area contributed by atoms with E-state index < -0.39 is 0 Å². The maximum atomic E-state index is 5.49. The van der Waals surface area contributed by atoms with E-state index in [1.807, 2.05) is 11.8 Å². The van der Waals surface area contributed by atoms with Crippen LogP contribution in [0.5, 0.6) is 0 Å². The summed E-state index contributed by atoms with van der Waals surface area (Å²) in [5.74, 6) is 4.40. The van der Waals surface area contributed by atoms with Gasteiger partial charge in [0.15, 0.2) is 5.82 Å². The Hall–Kier alpha value is -0.590. The van der Waals surface area contributed by atoms with Crippen molar-refractivity contribution in [3.63, 3.8) is 0 Å². The minimum atomic E-state index is 0.294. The van der Waals surface area contributed by atoms with Crippen LogP contribution in [0.1, 0.15) is 44.9 Å². The summed E-state index contributed by atoms with van der Waals surface area (Å²) in [7, 11) is 2.14. The number of thioether (sulfide) groups is 1. The van der Waals surface area contributed by atoms with Gasteiger partial charge >= 0.3 is 0 Å². The van der Waals surface area contributed by atoms with Crippen LogP contribution < -0.4 is 5.32 Å². The van der Waals surface area contributed by atoms with Crippen molar-refractivity contribution in [3.8, 4) is 0 Å². The molecule has 21 heavy (non-hydrogen) atoms. The van der Waals surface area contributed by atoms with Crippen LogP contribution in [0.3, 0.4) is 0 Å². The summed E-state index contributed by atoms with van der Waals surface area (Å²) in [4.78, 5) is 6.96. The zero-order valence-corrected chi connectivity index (χ0v) is 14.4. The van der Waals surface area contributed by atoms with E-state index in [1.165, 1.54) is 5.75 Å². The van der Waals surface area contributed by atoms with Crippen molar-refractivity contribution in [1.82, 2.24) is 20.4 Å². The van der Waals surface area contributed by atoms with E-state index in [2.05, 4.69) is 48.2 Å². The van der Waals surface area contributed by atoms with E-state index in [0.717, 1.165) is 43.4 Å². The van der Waals surface area contributed by atoms with E-state index in [9.17, 15) is 0 Å². The topological polar surface area (TPSA) is 54.2 Å². The summed E-state index contributed by atoms with van der Waals surface area (Å²) in [5.41, 5.74) is 0. The van der Waals surface area contributed by atoms with E-state index in [4.69, 9.17) is 4.52 Å². The molecule has 0 aromatic carbocycles. The third-order valence-corrected chi connectivity index (χ3v) is 5.06. The Bertz CT molecular complexity index is 424. The fourth-order valence-corrected chi connectivity index (χ4v) is 3.72. The molecule has 6 heteroatoms. The molecule has 120 valence electrons. The van der Waals surface area contributed by atoms with Crippen molar-refractivity contribution >= 4 is 11.8 Å². The molecule has 2 unspecified atom stereocenters. The maximum Gasteiger partial charge on any atom is 0.228 e. The Balaban J connectivity index is 1.98. The first kappa shape index (κ1) is 16.8. The van der Waals surface area contributed by atoms with Crippen LogP contribution in [-0.4, -0.2) is 52.7 Å². The van der Waals surface area contributed by atoms with Crippen molar-refractivity contribution < 1.29 is 4.52 Å². The lowest BCUT2D eigenvalue weighted by Crippen LogP contribution is -2.36. The zero-order valence-electron chi connectivity index (χ0n) is 13.6. The van der Waals surface area contributed by atoms with Gasteiger partial charge in [-0.25, -0.2) is 0 Å². The predicted molar refractivity (Wildman–Crippen MR) is 87.6 cm³/mol. The summed E-state index contributed by atoms with van der Waals surface area (Å²) in [6.45, 7) is 8.77. The maximum absolute atomic E-state index is 5.49. The lowest BCUT2D eigenvalue weighted by molar-refractivity contribution is 0.255. The average Bonchev–Trinajstić information content (AvgIpc) is 2.92. The van der Waals surface area contributed by atoms with Gasteiger partial charge in [0.05, 0.1) is 6.04 Å². The van der Waals surface area contributed by atoms with Crippen molar-refractivity contribution in [2.24, 2.45) is 5.92 Å². The van der Waals surface area contributed by atoms with Crippen LogP contribution in [0.15, 0.2) is 4.52 Å². The van der Waals surface area contributed by atoms with Gasteiger partial charge in [0.2, 0.25) is 5.89 Å². The predicted octanol–water partition coefficient (Wildman–Crippen LogP) is 2.36. The molecule has 1 saturated heterocycles. The first-order chi connectivity index (χ1) is 10.1. The van der Waals surface area contributed by atoms with Crippen molar-refractivity contribution in [2.45, 2.75) is 45.7 Å². The van der Waals surface area contributed by atoms with Gasteiger partial charge in [-0.2, -0.15) is 16.7 Å². The molecule has 0 amide bonds. The molecular formula is C15H28N4OS. The minimum Gasteiger partial charge on any atom is -0.339 e. The largest absolute Gasteiger partial charge is 0.339 e. The van der Waals surface area contributed by atoms with Gasteiger partial charge in [0.1, 0.15) is 0 Å². The second-order valence-corrected chi connectivity index (χ2v) is 7.28. The van der Waals surface area contributed by atoms with Crippen LogP contribution in [0.25, 0.3) is 0 Å². The lowest BCUT2D eigenvalue weighted by atomic mass is 10.0. The Labute approximate surface area is 132 Å². The second-order valence-electron chi connectivity index (χ2n) is 6.13. The molecule has 1 aromatic rings. The monoisotopic (exact) mass is 312 g/mol. The van der Waals surface area contributed by atoms with Gasteiger partial charge < -0.3 is 9.84 Å². The Kier molecular flexibility index (Phi) is 6.51. The van der Waals surface area contributed by atoms with Crippen LogP contribution in [-0.2, 0) is 6.42 Å². The quantitative estimate of drug-likeness (QED) is 0.834. The molecular weight excluding hydrogens is 284 g/mol. The molecule has 0 spiro atoms. The summed E-state index contributed by atoms with van der Waals surface area (Å²) in [6.07, 6.45) is 1.95. The van der Waals surface area contributed by atoms with Gasteiger partial charge in [-0.05, 0) is 25.9 Å². The SMILES string of the molecule is CCCNC(Cc1nc(C2CSCCN2C)no1)C(C)C. The van der Waals surface area contributed by atoms with Crippen LogP contribution in [0.2, 0.25) is 0 Å². The smallest absolute Gasteiger partial charge is 0.228 e. The molecule has 1 N–H and O–H groups in total. The van der Waals surface area contributed by atoms with Crippen LogP contribution >= 0.6 is 11.8 Å². The molecule has 0 saturated carbocycles. The highest BCUT2D eigenvalue weighted by atomic mass is 32.2. The highest BCUT2D eigenvalue weighted by molar-refractivity contribution is 7.99. The van der Waals surface area contributed by atoms with Gasteiger partial charge in [-0.3, -0.25) is 4.90 Å². The molecule has 1 aliphatic heterocycles. The Morgan fingerprint density at radius 2 is 2.29 bits per heavy atom. The van der Waals surface area contributed by atoms with Crippen LogP contribution in [0.4, 0.5) is 0 Å². The number of hydrogen-bond donors (Lipinski definition) is 1. The molecule has 1 aromatic heterocycles. The molecule has 1 aliphatic rings. The third kappa shape index (κ3) is 4.69. The van der Waals surface area contributed by atoms with Crippen molar-refractivity contribution in [2.75, 3.05) is 31.6 Å². The first-order valence-electron chi connectivity index (χ1n) is 7.95. The van der Waals surface area contributed by atoms with Gasteiger partial charge in [-0.1, -0.05) is 25.9 Å². The highest BCUT2D eigenvalue weighted by Crippen LogP contribution is 2.26. The van der Waals surface area contributed by atoms with Crippen molar-refractivity contribution in [1.29, 1.82) is 0 Å². The van der Waals surface area contributed by atoms with Gasteiger partial charge in [0.25, 0.3) is 0 Å². The summed E-state index contributed by atoms with van der Waals surface area (Å²) < 4.78 is 5.49. The molecule has 0 radical (unpaired) electrons. The number of rotatable bonds is 7. The fraction of sp³-hybridized carbons (Fsp3) is 0.867. The number of hydrogen-bond acceptors (Lipinski definition) is 6. The second kappa shape index (κ2) is 8.15. The number of aromatic nitrogens is 2. The van der Waals surface area contributed by atoms with E-state index in [-0.39, 0.29) is 0 Å². The van der Waals surface area contributed by atoms with Crippen LogP contribution in [0, 0.1) is 5.92 Å². The molecule has 0 bridgehead atoms. The summed E-state index contributed by atoms with van der Waals surface area (Å²) in [6, 6.07) is 0.694. The summed E-state index contributed by atoms with van der Waals surface area (Å²) >= 11 is 1.97.